The van der Waals surface area contributed by atoms with Crippen molar-refractivity contribution < 1.29 is 8.42 Å². The van der Waals surface area contributed by atoms with Gasteiger partial charge in [0.1, 0.15) is 4.90 Å². The van der Waals surface area contributed by atoms with Gasteiger partial charge in [-0.1, -0.05) is 0 Å². The smallest absolute Gasteiger partial charge is 0.263 e. The summed E-state index contributed by atoms with van der Waals surface area (Å²) in [5.41, 5.74) is 0. The lowest BCUT2D eigenvalue weighted by molar-refractivity contribution is 0.587. The summed E-state index contributed by atoms with van der Waals surface area (Å²) in [6.07, 6.45) is 5.64. The molecule has 0 saturated carbocycles. The number of hydrogen-bond acceptors (Lipinski definition) is 3. The Bertz CT molecular complexity index is 503. The Labute approximate surface area is 81.9 Å². The van der Waals surface area contributed by atoms with Crippen molar-refractivity contribution in [3.05, 3.63) is 49.1 Å². The Hall–Kier alpha value is -1.62. The third-order valence-corrected chi connectivity index (χ3v) is 3.35. The zero-order valence-corrected chi connectivity index (χ0v) is 7.98. The third-order valence-electron chi connectivity index (χ3n) is 1.73. The van der Waals surface area contributed by atoms with Crippen LogP contribution in [0, 0.1) is 6.07 Å². The number of aromatic nitrogens is 2. The quantitative estimate of drug-likeness (QED) is 0.735. The minimum Gasteiger partial charge on any atom is -0.263 e. The molecule has 2 aromatic heterocycles. The predicted molar refractivity (Wildman–Crippen MR) is 50.1 cm³/mol. The average molecular weight is 207 g/mol. The number of hydrogen-bond donors (Lipinski definition) is 0. The van der Waals surface area contributed by atoms with Crippen molar-refractivity contribution in [2.24, 2.45) is 0 Å². The molecule has 0 N–H and O–H groups in total. The van der Waals surface area contributed by atoms with Gasteiger partial charge in [-0.05, 0) is 18.2 Å². The fourth-order valence-electron chi connectivity index (χ4n) is 1.05. The van der Waals surface area contributed by atoms with Gasteiger partial charge in [-0.25, -0.2) is 12.4 Å². The van der Waals surface area contributed by atoms with Crippen LogP contribution in [0.4, 0.5) is 0 Å². The standard InChI is InChI=1S/C9H7N2O2S/c12-14(13,11-6-1-2-7-11)9-4-3-5-10-8-9/h1,3-8H. The van der Waals surface area contributed by atoms with E-state index in [1.807, 2.05) is 0 Å². The molecule has 2 aromatic rings. The van der Waals surface area contributed by atoms with E-state index in [2.05, 4.69) is 11.1 Å². The predicted octanol–water partition coefficient (Wildman–Crippen LogP) is 0.920. The SMILES string of the molecule is O=S(=O)(c1cccnc1)n1c[c]cc1. The van der Waals surface area contributed by atoms with Gasteiger partial charge < -0.3 is 0 Å². The van der Waals surface area contributed by atoms with E-state index in [4.69, 9.17) is 0 Å². The average Bonchev–Trinajstić information content (AvgIpc) is 2.72. The van der Waals surface area contributed by atoms with E-state index in [0.717, 1.165) is 3.97 Å². The summed E-state index contributed by atoms with van der Waals surface area (Å²) in [5.74, 6) is 0. The normalized spacial score (nSPS) is 11.4. The molecule has 0 aliphatic heterocycles. The molecule has 71 valence electrons. The molecular formula is C9H7N2O2S. The van der Waals surface area contributed by atoms with E-state index >= 15 is 0 Å². The molecule has 2 heterocycles. The molecule has 4 nitrogen and oxygen atoms in total. The van der Waals surface area contributed by atoms with Gasteiger partial charge in [-0.2, -0.15) is 0 Å². The highest BCUT2D eigenvalue weighted by Gasteiger charge is 2.14. The second-order valence-corrected chi connectivity index (χ2v) is 4.48. The van der Waals surface area contributed by atoms with Crippen LogP contribution in [-0.2, 0) is 10.0 Å². The summed E-state index contributed by atoms with van der Waals surface area (Å²) in [6.45, 7) is 0. The Kier molecular flexibility index (Phi) is 2.09. The van der Waals surface area contributed by atoms with Crippen molar-refractivity contribution >= 4 is 10.0 Å². The van der Waals surface area contributed by atoms with Crippen LogP contribution < -0.4 is 0 Å². The maximum atomic E-state index is 11.8. The first-order chi connectivity index (χ1) is 6.71. The van der Waals surface area contributed by atoms with Crippen LogP contribution in [0.5, 0.6) is 0 Å². The summed E-state index contributed by atoms with van der Waals surface area (Å²) in [6, 6.07) is 7.29. The van der Waals surface area contributed by atoms with Gasteiger partial charge >= 0.3 is 0 Å². The fraction of sp³-hybridized carbons (Fsp3) is 0. The molecule has 1 radical (unpaired) electrons. The highest BCUT2D eigenvalue weighted by Crippen LogP contribution is 2.10. The van der Waals surface area contributed by atoms with Crippen molar-refractivity contribution in [1.82, 2.24) is 8.96 Å². The first kappa shape index (κ1) is 8.96. The minimum absolute atomic E-state index is 0.171. The van der Waals surface area contributed by atoms with E-state index in [1.165, 1.54) is 36.9 Å². The van der Waals surface area contributed by atoms with Gasteiger partial charge in [-0.15, -0.1) is 0 Å². The molecule has 5 heteroatoms. The van der Waals surface area contributed by atoms with E-state index in [1.54, 1.807) is 6.07 Å². The lowest BCUT2D eigenvalue weighted by Crippen LogP contribution is -2.10. The second kappa shape index (κ2) is 3.26. The van der Waals surface area contributed by atoms with Crippen molar-refractivity contribution in [2.75, 3.05) is 0 Å². The summed E-state index contributed by atoms with van der Waals surface area (Å²) in [4.78, 5) is 3.93. The topological polar surface area (TPSA) is 52.0 Å². The second-order valence-electron chi connectivity index (χ2n) is 2.64. The maximum absolute atomic E-state index is 11.8. The van der Waals surface area contributed by atoms with Crippen LogP contribution in [0.1, 0.15) is 0 Å². The van der Waals surface area contributed by atoms with Crippen molar-refractivity contribution in [1.29, 1.82) is 0 Å². The van der Waals surface area contributed by atoms with Crippen molar-refractivity contribution in [3.63, 3.8) is 0 Å². The van der Waals surface area contributed by atoms with Crippen LogP contribution in [0.25, 0.3) is 0 Å². The zero-order chi connectivity index (χ0) is 10.0. The molecule has 0 spiro atoms. The van der Waals surface area contributed by atoms with Gasteiger partial charge in [0.05, 0.1) is 0 Å². The molecule has 0 amide bonds. The first-order valence-electron chi connectivity index (χ1n) is 3.91. The molecule has 0 aromatic carbocycles. The van der Waals surface area contributed by atoms with E-state index in [0.29, 0.717) is 0 Å². The highest BCUT2D eigenvalue weighted by atomic mass is 32.2. The minimum atomic E-state index is -3.47. The fourth-order valence-corrected chi connectivity index (χ4v) is 2.16. The van der Waals surface area contributed by atoms with E-state index in [-0.39, 0.29) is 4.90 Å². The number of nitrogens with zero attached hydrogens (tertiary/aromatic N) is 2. The summed E-state index contributed by atoms with van der Waals surface area (Å²) >= 11 is 0. The number of pyridine rings is 1. The number of rotatable bonds is 2. The van der Waals surface area contributed by atoms with Gasteiger partial charge in [-0.3, -0.25) is 4.98 Å². The van der Waals surface area contributed by atoms with Crippen LogP contribution in [0.2, 0.25) is 0 Å². The summed E-state index contributed by atoms with van der Waals surface area (Å²) in [5, 5.41) is 0. The third kappa shape index (κ3) is 1.42. The van der Waals surface area contributed by atoms with Crippen LogP contribution in [0.3, 0.4) is 0 Å². The van der Waals surface area contributed by atoms with Crippen LogP contribution >= 0.6 is 0 Å². The maximum Gasteiger partial charge on any atom is 0.269 e. The molecule has 0 aliphatic carbocycles. The molecule has 0 fully saturated rings. The molecule has 14 heavy (non-hydrogen) atoms. The van der Waals surface area contributed by atoms with Gasteiger partial charge in [0, 0.05) is 30.9 Å². The lowest BCUT2D eigenvalue weighted by Gasteiger charge is -2.03. The summed E-state index contributed by atoms with van der Waals surface area (Å²) in [7, 11) is -3.47. The van der Waals surface area contributed by atoms with E-state index in [9.17, 15) is 8.42 Å². The molecule has 2 rings (SSSR count). The van der Waals surface area contributed by atoms with Gasteiger partial charge in [0.15, 0.2) is 0 Å². The monoisotopic (exact) mass is 207 g/mol. The Morgan fingerprint density at radius 3 is 2.86 bits per heavy atom. The molecule has 0 aliphatic rings. The Morgan fingerprint density at radius 2 is 2.29 bits per heavy atom. The summed E-state index contributed by atoms with van der Waals surface area (Å²) < 4.78 is 24.7. The van der Waals surface area contributed by atoms with Crippen molar-refractivity contribution in [2.45, 2.75) is 4.90 Å². The van der Waals surface area contributed by atoms with Crippen LogP contribution in [0.15, 0.2) is 47.9 Å². The zero-order valence-electron chi connectivity index (χ0n) is 7.16. The Balaban J connectivity index is 2.55. The van der Waals surface area contributed by atoms with Gasteiger partial charge in [0.2, 0.25) is 0 Å². The van der Waals surface area contributed by atoms with Crippen LogP contribution in [-0.4, -0.2) is 17.4 Å². The molecule has 0 bridgehead atoms. The van der Waals surface area contributed by atoms with Crippen molar-refractivity contribution in [3.8, 4) is 0 Å². The highest BCUT2D eigenvalue weighted by molar-refractivity contribution is 7.90. The largest absolute Gasteiger partial charge is 0.269 e. The van der Waals surface area contributed by atoms with E-state index < -0.39 is 10.0 Å². The molecular weight excluding hydrogens is 200 g/mol. The molecule has 0 saturated heterocycles. The Morgan fingerprint density at radius 1 is 1.43 bits per heavy atom. The van der Waals surface area contributed by atoms with Gasteiger partial charge in [0.25, 0.3) is 10.0 Å². The molecule has 0 unspecified atom stereocenters. The first-order valence-corrected chi connectivity index (χ1v) is 5.35. The lowest BCUT2D eigenvalue weighted by atomic mass is 10.5. The molecule has 0 atom stereocenters.